The lowest BCUT2D eigenvalue weighted by molar-refractivity contribution is -0.141. The van der Waals surface area contributed by atoms with Crippen LogP contribution < -0.4 is 4.90 Å². The third-order valence-corrected chi connectivity index (χ3v) is 3.82. The van der Waals surface area contributed by atoms with E-state index in [9.17, 15) is 18.0 Å². The molecule has 2 aromatic rings. The van der Waals surface area contributed by atoms with Gasteiger partial charge in [0.2, 0.25) is 0 Å². The average molecular weight is 336 g/mol. The Bertz CT molecular complexity index is 696. The number of ether oxygens (including phenoxy) is 1. The van der Waals surface area contributed by atoms with Crippen molar-refractivity contribution in [1.82, 2.24) is 4.98 Å². The van der Waals surface area contributed by atoms with E-state index in [1.165, 1.54) is 0 Å². The van der Waals surface area contributed by atoms with E-state index in [0.717, 1.165) is 18.3 Å². The summed E-state index contributed by atoms with van der Waals surface area (Å²) in [5.41, 5.74) is -0.230. The third-order valence-electron chi connectivity index (χ3n) is 3.82. The van der Waals surface area contributed by atoms with Crippen molar-refractivity contribution < 1.29 is 22.7 Å². The van der Waals surface area contributed by atoms with Crippen LogP contribution in [0.1, 0.15) is 22.5 Å². The molecule has 4 nitrogen and oxygen atoms in total. The molecule has 126 valence electrons. The maximum Gasteiger partial charge on any atom is 0.433 e. The molecule has 1 unspecified atom stereocenters. The van der Waals surface area contributed by atoms with Crippen LogP contribution in [0.25, 0.3) is 0 Å². The van der Waals surface area contributed by atoms with Crippen LogP contribution >= 0.6 is 0 Å². The second-order valence-corrected chi connectivity index (χ2v) is 5.46. The van der Waals surface area contributed by atoms with E-state index in [-0.39, 0.29) is 11.6 Å². The molecule has 0 radical (unpaired) electrons. The fraction of sp³-hybridized carbons (Fsp3) is 0.294. The molecule has 1 fully saturated rings. The van der Waals surface area contributed by atoms with Crippen molar-refractivity contribution in [3.63, 3.8) is 0 Å². The van der Waals surface area contributed by atoms with Gasteiger partial charge in [-0.05, 0) is 30.7 Å². The minimum atomic E-state index is -4.53. The van der Waals surface area contributed by atoms with E-state index < -0.39 is 17.8 Å². The highest BCUT2D eigenvalue weighted by molar-refractivity contribution is 6.06. The Labute approximate surface area is 136 Å². The molecule has 0 saturated carbocycles. The SMILES string of the molecule is O=C(c1ccc(C(F)(F)F)nc1)N(c1ccccc1)C1CCOC1. The molecule has 0 aliphatic carbocycles. The molecule has 1 aliphatic heterocycles. The molecular formula is C17H15F3N2O2. The molecular weight excluding hydrogens is 321 g/mol. The number of para-hydroxylation sites is 1. The summed E-state index contributed by atoms with van der Waals surface area (Å²) in [7, 11) is 0. The fourth-order valence-electron chi connectivity index (χ4n) is 2.64. The summed E-state index contributed by atoms with van der Waals surface area (Å²) in [5.74, 6) is -0.391. The van der Waals surface area contributed by atoms with Crippen molar-refractivity contribution in [1.29, 1.82) is 0 Å². The second-order valence-electron chi connectivity index (χ2n) is 5.46. The molecule has 1 atom stereocenters. The first-order valence-electron chi connectivity index (χ1n) is 7.46. The highest BCUT2D eigenvalue weighted by atomic mass is 19.4. The molecule has 0 bridgehead atoms. The van der Waals surface area contributed by atoms with Crippen LogP contribution in [0.4, 0.5) is 18.9 Å². The van der Waals surface area contributed by atoms with Gasteiger partial charge < -0.3 is 9.64 Å². The van der Waals surface area contributed by atoms with E-state index in [4.69, 9.17) is 4.74 Å². The Morgan fingerprint density at radius 2 is 1.92 bits per heavy atom. The third kappa shape index (κ3) is 3.41. The molecule has 3 rings (SSSR count). The molecule has 24 heavy (non-hydrogen) atoms. The maximum atomic E-state index is 12.8. The number of anilines is 1. The van der Waals surface area contributed by atoms with Gasteiger partial charge in [-0.2, -0.15) is 13.2 Å². The summed E-state index contributed by atoms with van der Waals surface area (Å²) in [6, 6.07) is 10.8. The monoisotopic (exact) mass is 336 g/mol. The number of hydrogen-bond acceptors (Lipinski definition) is 3. The lowest BCUT2D eigenvalue weighted by Crippen LogP contribution is -2.41. The maximum absolute atomic E-state index is 12.8. The van der Waals surface area contributed by atoms with Gasteiger partial charge >= 0.3 is 6.18 Å². The van der Waals surface area contributed by atoms with Gasteiger partial charge in [-0.1, -0.05) is 18.2 Å². The van der Waals surface area contributed by atoms with Gasteiger partial charge in [0.05, 0.1) is 18.2 Å². The standard InChI is InChI=1S/C17H15F3N2O2/c18-17(19,20)15-7-6-12(10-21-15)16(23)22(14-8-9-24-11-14)13-4-2-1-3-5-13/h1-7,10,14H,8-9,11H2. The van der Waals surface area contributed by atoms with Crippen LogP contribution in [0.5, 0.6) is 0 Å². The topological polar surface area (TPSA) is 42.4 Å². The molecule has 1 aromatic carbocycles. The summed E-state index contributed by atoms with van der Waals surface area (Å²) < 4.78 is 43.2. The molecule has 1 amide bonds. The van der Waals surface area contributed by atoms with Gasteiger partial charge in [0.15, 0.2) is 0 Å². The summed E-state index contributed by atoms with van der Waals surface area (Å²) in [4.78, 5) is 17.8. The lowest BCUT2D eigenvalue weighted by atomic mass is 10.1. The number of benzene rings is 1. The molecule has 0 spiro atoms. The minimum Gasteiger partial charge on any atom is -0.379 e. The Kier molecular flexibility index (Phi) is 4.53. The molecule has 1 saturated heterocycles. The van der Waals surface area contributed by atoms with Crippen LogP contribution in [-0.4, -0.2) is 30.1 Å². The lowest BCUT2D eigenvalue weighted by Gasteiger charge is -2.28. The highest BCUT2D eigenvalue weighted by Crippen LogP contribution is 2.28. The number of alkyl halides is 3. The van der Waals surface area contributed by atoms with Crippen molar-refractivity contribution >= 4 is 11.6 Å². The van der Waals surface area contributed by atoms with E-state index >= 15 is 0 Å². The minimum absolute atomic E-state index is 0.110. The van der Waals surface area contributed by atoms with Crippen molar-refractivity contribution in [2.45, 2.75) is 18.6 Å². The Morgan fingerprint density at radius 3 is 2.46 bits per heavy atom. The number of halogens is 3. The zero-order valence-corrected chi connectivity index (χ0v) is 12.7. The van der Waals surface area contributed by atoms with Crippen molar-refractivity contribution in [2.24, 2.45) is 0 Å². The fourth-order valence-corrected chi connectivity index (χ4v) is 2.64. The summed E-state index contributed by atoms with van der Waals surface area (Å²) in [6.45, 7) is 0.946. The van der Waals surface area contributed by atoms with Gasteiger partial charge in [-0.25, -0.2) is 0 Å². The zero-order chi connectivity index (χ0) is 17.2. The molecule has 1 aromatic heterocycles. The Hall–Kier alpha value is -2.41. The van der Waals surface area contributed by atoms with Gasteiger partial charge in [0.1, 0.15) is 5.69 Å². The quantitative estimate of drug-likeness (QED) is 0.861. The zero-order valence-electron chi connectivity index (χ0n) is 12.7. The number of rotatable bonds is 3. The van der Waals surface area contributed by atoms with Crippen LogP contribution in [0.3, 0.4) is 0 Å². The summed E-state index contributed by atoms with van der Waals surface area (Å²) in [5, 5.41) is 0. The molecule has 2 heterocycles. The smallest absolute Gasteiger partial charge is 0.379 e. The number of carbonyl (C=O) groups excluding carboxylic acids is 1. The predicted octanol–water partition coefficient (Wildman–Crippen LogP) is 3.54. The van der Waals surface area contributed by atoms with Crippen LogP contribution in [0, 0.1) is 0 Å². The van der Waals surface area contributed by atoms with Crippen molar-refractivity contribution in [3.05, 3.63) is 59.9 Å². The number of nitrogens with zero attached hydrogens (tertiary/aromatic N) is 2. The average Bonchev–Trinajstić information content (AvgIpc) is 3.09. The highest BCUT2D eigenvalue weighted by Gasteiger charge is 2.33. The summed E-state index contributed by atoms with van der Waals surface area (Å²) >= 11 is 0. The van der Waals surface area contributed by atoms with E-state index in [0.29, 0.717) is 25.3 Å². The van der Waals surface area contributed by atoms with E-state index in [1.54, 1.807) is 29.2 Å². The summed E-state index contributed by atoms with van der Waals surface area (Å²) in [6.07, 6.45) is -2.88. The predicted molar refractivity (Wildman–Crippen MR) is 81.7 cm³/mol. The van der Waals surface area contributed by atoms with E-state index in [2.05, 4.69) is 4.98 Å². The number of pyridine rings is 1. The molecule has 0 N–H and O–H groups in total. The second kappa shape index (κ2) is 6.60. The van der Waals surface area contributed by atoms with Crippen LogP contribution in [0.15, 0.2) is 48.7 Å². The molecule has 1 aliphatic rings. The largest absolute Gasteiger partial charge is 0.433 e. The normalized spacial score (nSPS) is 17.7. The Morgan fingerprint density at radius 1 is 1.17 bits per heavy atom. The number of amides is 1. The van der Waals surface area contributed by atoms with Gasteiger partial charge in [-0.3, -0.25) is 9.78 Å². The van der Waals surface area contributed by atoms with Crippen molar-refractivity contribution in [2.75, 3.05) is 18.1 Å². The number of hydrogen-bond donors (Lipinski definition) is 0. The van der Waals surface area contributed by atoms with Gasteiger partial charge in [0, 0.05) is 18.5 Å². The molecule has 7 heteroatoms. The number of aromatic nitrogens is 1. The Balaban J connectivity index is 1.91. The first kappa shape index (κ1) is 16.4. The van der Waals surface area contributed by atoms with Gasteiger partial charge in [-0.15, -0.1) is 0 Å². The first-order valence-corrected chi connectivity index (χ1v) is 7.46. The first-order chi connectivity index (χ1) is 11.5. The number of carbonyl (C=O) groups is 1. The van der Waals surface area contributed by atoms with Crippen LogP contribution in [-0.2, 0) is 10.9 Å². The van der Waals surface area contributed by atoms with Gasteiger partial charge in [0.25, 0.3) is 5.91 Å². The van der Waals surface area contributed by atoms with E-state index in [1.807, 2.05) is 6.07 Å². The van der Waals surface area contributed by atoms with Crippen molar-refractivity contribution in [3.8, 4) is 0 Å². The van der Waals surface area contributed by atoms with Crippen LogP contribution in [0.2, 0.25) is 0 Å².